The van der Waals surface area contributed by atoms with Gasteiger partial charge in [0.25, 0.3) is 0 Å². The van der Waals surface area contributed by atoms with Crippen LogP contribution in [0.2, 0.25) is 0 Å². The number of aliphatic hydroxyl groups excluding tert-OH is 1. The van der Waals surface area contributed by atoms with E-state index in [1.165, 1.54) is 0 Å². The first-order valence-electron chi connectivity index (χ1n) is 2.94. The van der Waals surface area contributed by atoms with E-state index in [0.29, 0.717) is 0 Å². The van der Waals surface area contributed by atoms with Gasteiger partial charge in [0.1, 0.15) is 0 Å². The van der Waals surface area contributed by atoms with Gasteiger partial charge in [-0.25, -0.2) is 0 Å². The summed E-state index contributed by atoms with van der Waals surface area (Å²) in [5.74, 6) is 0.175. The summed E-state index contributed by atoms with van der Waals surface area (Å²) in [7, 11) is -0.145. The van der Waals surface area contributed by atoms with Crippen molar-refractivity contribution in [3.05, 3.63) is 17.8 Å². The Morgan fingerprint density at radius 1 is 1.70 bits per heavy atom. The Bertz CT molecular complexity index is 338. The van der Waals surface area contributed by atoms with E-state index >= 15 is 0 Å². The van der Waals surface area contributed by atoms with Crippen molar-refractivity contribution in [3.63, 3.8) is 0 Å². The van der Waals surface area contributed by atoms with Crippen LogP contribution in [0.25, 0.3) is 10.3 Å². The molecule has 1 unspecified atom stereocenters. The predicted octanol–water partition coefficient (Wildman–Crippen LogP) is 1.26. The molecule has 10 heavy (non-hydrogen) atoms. The molecule has 0 amide bonds. The second kappa shape index (κ2) is 2.07. The van der Waals surface area contributed by atoms with Crippen LogP contribution in [0.5, 0.6) is 0 Å². The third-order valence-electron chi connectivity index (χ3n) is 1.42. The average Bonchev–Trinajstić information content (AvgIpc) is 2.44. The van der Waals surface area contributed by atoms with Crippen molar-refractivity contribution >= 4 is 20.8 Å². The number of aromatic nitrogens is 2. The molecular weight excluding hydrogens is 148 g/mol. The quantitative estimate of drug-likeness (QED) is 0.609. The molecule has 3 nitrogen and oxygen atoms in total. The molecule has 0 radical (unpaired) electrons. The van der Waals surface area contributed by atoms with Crippen molar-refractivity contribution in [2.45, 2.75) is 5.94 Å². The maximum absolute atomic E-state index is 8.84. The van der Waals surface area contributed by atoms with Crippen LogP contribution >= 0.6 is 10.5 Å². The van der Waals surface area contributed by atoms with Crippen LogP contribution in [-0.2, 0) is 5.94 Å². The minimum Gasteiger partial charge on any atom is -0.348 e. The van der Waals surface area contributed by atoms with Gasteiger partial charge in [-0.15, -0.1) is 0 Å². The Labute approximate surface area is 60.3 Å². The van der Waals surface area contributed by atoms with Gasteiger partial charge >= 0.3 is 0 Å². The fourth-order valence-electron chi connectivity index (χ4n) is 0.935. The second-order valence-electron chi connectivity index (χ2n) is 1.98. The second-order valence-corrected chi connectivity index (χ2v) is 3.75. The van der Waals surface area contributed by atoms with Crippen LogP contribution in [0.1, 0.15) is 0 Å². The highest BCUT2D eigenvalue weighted by Crippen LogP contribution is 2.27. The van der Waals surface area contributed by atoms with E-state index in [1.807, 2.05) is 12.3 Å². The lowest BCUT2D eigenvalue weighted by atomic mass is 10.6. The zero-order valence-corrected chi connectivity index (χ0v) is 6.06. The van der Waals surface area contributed by atoms with Gasteiger partial charge in [0, 0.05) is 22.7 Å². The molecule has 2 heterocycles. The van der Waals surface area contributed by atoms with E-state index in [1.54, 1.807) is 5.51 Å². The topological polar surface area (TPSA) is 48.9 Å². The van der Waals surface area contributed by atoms with Gasteiger partial charge in [-0.05, 0) is 0 Å². The maximum atomic E-state index is 8.84. The van der Waals surface area contributed by atoms with Crippen molar-refractivity contribution in [2.75, 3.05) is 0 Å². The molecule has 0 aliphatic heterocycles. The first-order chi connectivity index (χ1) is 4.92. The molecule has 2 N–H and O–H groups in total. The molecule has 0 spiro atoms. The summed E-state index contributed by atoms with van der Waals surface area (Å²) < 4.78 is 1.13. The fourth-order valence-corrected chi connectivity index (χ4v) is 2.09. The lowest BCUT2D eigenvalue weighted by Crippen LogP contribution is -1.62. The molecule has 2 rings (SSSR count). The molecular formula is C6H7N2OS+. The van der Waals surface area contributed by atoms with Crippen molar-refractivity contribution < 1.29 is 5.11 Å². The van der Waals surface area contributed by atoms with Crippen LogP contribution in [-0.4, -0.2) is 15.1 Å². The normalized spacial score (nSPS) is 12.7. The van der Waals surface area contributed by atoms with E-state index in [2.05, 4.69) is 9.97 Å². The predicted molar refractivity (Wildman–Crippen MR) is 40.8 cm³/mol. The maximum Gasteiger partial charge on any atom is 0.234 e. The first-order valence-corrected chi connectivity index (χ1v) is 4.39. The van der Waals surface area contributed by atoms with Gasteiger partial charge in [-0.2, -0.15) is 4.98 Å². The Hall–Kier alpha value is -0.870. The van der Waals surface area contributed by atoms with Crippen molar-refractivity contribution in [1.82, 2.24) is 9.97 Å². The minimum absolute atomic E-state index is 0.145. The highest BCUT2D eigenvalue weighted by molar-refractivity contribution is 7.34. The van der Waals surface area contributed by atoms with Gasteiger partial charge in [-0.3, -0.25) is 0 Å². The van der Waals surface area contributed by atoms with E-state index in [0.717, 1.165) is 10.3 Å². The number of hydrogen-bond donors (Lipinski definition) is 2. The Balaban J connectivity index is 2.76. The molecule has 0 bridgehead atoms. The van der Waals surface area contributed by atoms with Crippen molar-refractivity contribution in [1.29, 1.82) is 0 Å². The summed E-state index contributed by atoms with van der Waals surface area (Å²) in [4.78, 5) is 7.06. The summed E-state index contributed by atoms with van der Waals surface area (Å²) in [6.45, 7) is 0. The third-order valence-corrected chi connectivity index (χ3v) is 2.95. The number of fused-ring (bicyclic) bond motifs is 1. The molecule has 4 heteroatoms. The van der Waals surface area contributed by atoms with Crippen molar-refractivity contribution in [2.24, 2.45) is 0 Å². The molecule has 0 fully saturated rings. The minimum atomic E-state index is -0.145. The molecule has 0 saturated heterocycles. The molecule has 0 aliphatic carbocycles. The number of rotatable bonds is 1. The van der Waals surface area contributed by atoms with E-state index in [4.69, 9.17) is 5.11 Å². The summed E-state index contributed by atoms with van der Waals surface area (Å²) >= 11 is 0. The molecule has 52 valence electrons. The number of hydrogen-bond acceptors (Lipinski definition) is 2. The van der Waals surface area contributed by atoms with Gasteiger partial charge in [0.15, 0.2) is 5.65 Å². The summed E-state index contributed by atoms with van der Waals surface area (Å²) in [5.41, 5.74) is 2.69. The fraction of sp³-hybridized carbons (Fsp3) is 0.167. The highest BCUT2D eigenvalue weighted by atomic mass is 32.2. The number of thiazole rings is 1. The third kappa shape index (κ3) is 0.661. The molecule has 0 saturated carbocycles. The molecule has 0 aliphatic rings. The van der Waals surface area contributed by atoms with Crippen LogP contribution < -0.4 is 0 Å². The van der Waals surface area contributed by atoms with Crippen molar-refractivity contribution in [3.8, 4) is 0 Å². The number of nitrogens with one attached hydrogen (secondary N) is 1. The first kappa shape index (κ1) is 5.88. The highest BCUT2D eigenvalue weighted by Gasteiger charge is 2.11. The van der Waals surface area contributed by atoms with Gasteiger partial charge < -0.3 is 10.1 Å². The zero-order valence-electron chi connectivity index (χ0n) is 5.24. The smallest absolute Gasteiger partial charge is 0.234 e. The number of nitrogens with zero attached hydrogens (tertiary/aromatic N) is 1. The summed E-state index contributed by atoms with van der Waals surface area (Å²) in [6.07, 6.45) is 1.84. The number of H-pyrrole nitrogens is 1. The zero-order chi connectivity index (χ0) is 6.97. The standard InChI is InChI=1S/C6H7N2OS/c9-4-10-3-8-6-5(10)1-2-7-6/h1-3,7,9H,4H2/q+1. The Morgan fingerprint density at radius 2 is 2.60 bits per heavy atom. The lowest BCUT2D eigenvalue weighted by molar-refractivity contribution is 0.323. The molecule has 0 aromatic carbocycles. The largest absolute Gasteiger partial charge is 0.348 e. The lowest BCUT2D eigenvalue weighted by Gasteiger charge is -1.73. The van der Waals surface area contributed by atoms with Crippen LogP contribution in [0.3, 0.4) is 0 Å². The van der Waals surface area contributed by atoms with Crippen LogP contribution in [0, 0.1) is 0 Å². The molecule has 2 aromatic rings. The number of aliphatic hydroxyl groups is 1. The van der Waals surface area contributed by atoms with Gasteiger partial charge in [0.05, 0.1) is 0 Å². The molecule has 1 atom stereocenters. The average molecular weight is 155 g/mol. The van der Waals surface area contributed by atoms with Gasteiger partial charge in [-0.1, -0.05) is 0 Å². The Kier molecular flexibility index (Phi) is 1.22. The van der Waals surface area contributed by atoms with E-state index in [9.17, 15) is 0 Å². The monoisotopic (exact) mass is 155 g/mol. The van der Waals surface area contributed by atoms with E-state index in [-0.39, 0.29) is 16.4 Å². The van der Waals surface area contributed by atoms with E-state index < -0.39 is 0 Å². The van der Waals surface area contributed by atoms with Gasteiger partial charge in [0.2, 0.25) is 16.1 Å². The number of aromatic amines is 1. The Morgan fingerprint density at radius 3 is 3.40 bits per heavy atom. The van der Waals surface area contributed by atoms with Crippen LogP contribution in [0.4, 0.5) is 0 Å². The SMILES string of the molecule is OC[s+]1cnc2[nH]ccc21. The molecule has 2 aromatic heterocycles. The summed E-state index contributed by atoms with van der Waals surface area (Å²) in [6, 6.07) is 1.96. The van der Waals surface area contributed by atoms with Crippen LogP contribution in [0.15, 0.2) is 17.8 Å². The summed E-state index contributed by atoms with van der Waals surface area (Å²) in [5, 5.41) is 8.84.